The van der Waals surface area contributed by atoms with E-state index in [1.54, 1.807) is 35.1 Å². The molecule has 0 radical (unpaired) electrons. The first-order valence-electron chi connectivity index (χ1n) is 8.94. The highest BCUT2D eigenvalue weighted by molar-refractivity contribution is 7.13. The van der Waals surface area contributed by atoms with Crippen LogP contribution in [0.5, 0.6) is 0 Å². The third-order valence-electron chi connectivity index (χ3n) is 4.32. The Morgan fingerprint density at radius 1 is 1.13 bits per heavy atom. The number of amides is 1. The number of carbonyl (C=O) groups is 1. The third kappa shape index (κ3) is 4.70. The summed E-state index contributed by atoms with van der Waals surface area (Å²) in [5.41, 5.74) is 2.25. The molecule has 9 heteroatoms. The van der Waals surface area contributed by atoms with E-state index in [1.165, 1.54) is 23.5 Å². The number of thiazole rings is 1. The van der Waals surface area contributed by atoms with Crippen LogP contribution in [0.15, 0.2) is 60.1 Å². The minimum atomic E-state index is -0.300. The van der Waals surface area contributed by atoms with Crippen LogP contribution in [0.1, 0.15) is 11.3 Å². The van der Waals surface area contributed by atoms with Gasteiger partial charge in [0.2, 0.25) is 5.91 Å². The van der Waals surface area contributed by atoms with E-state index in [0.717, 1.165) is 16.1 Å². The maximum Gasteiger partial charge on any atom is 0.231 e. The van der Waals surface area contributed by atoms with Gasteiger partial charge in [0.25, 0.3) is 0 Å². The van der Waals surface area contributed by atoms with Gasteiger partial charge in [-0.3, -0.25) is 4.79 Å². The van der Waals surface area contributed by atoms with Crippen molar-refractivity contribution in [2.45, 2.75) is 13.0 Å². The SMILES string of the molecule is O=C(Cc1csc(-c2ccc(F)cc2)n1)Nc1ccnn1Cc1cccc(Cl)c1Cl. The predicted molar refractivity (Wildman–Crippen MR) is 118 cm³/mol. The zero-order chi connectivity index (χ0) is 21.1. The summed E-state index contributed by atoms with van der Waals surface area (Å²) in [7, 11) is 0. The zero-order valence-corrected chi connectivity index (χ0v) is 17.8. The number of hydrogen-bond acceptors (Lipinski definition) is 4. The molecule has 0 aliphatic heterocycles. The minimum Gasteiger partial charge on any atom is -0.311 e. The summed E-state index contributed by atoms with van der Waals surface area (Å²) in [6, 6.07) is 13.2. The van der Waals surface area contributed by atoms with Crippen LogP contribution in [0.2, 0.25) is 10.0 Å². The van der Waals surface area contributed by atoms with Crippen molar-refractivity contribution in [1.82, 2.24) is 14.8 Å². The highest BCUT2D eigenvalue weighted by Gasteiger charge is 2.13. The van der Waals surface area contributed by atoms with Crippen molar-refractivity contribution in [2.24, 2.45) is 0 Å². The lowest BCUT2D eigenvalue weighted by Gasteiger charge is -2.10. The summed E-state index contributed by atoms with van der Waals surface area (Å²) in [6.45, 7) is 0.368. The molecule has 152 valence electrons. The van der Waals surface area contributed by atoms with Crippen molar-refractivity contribution in [3.05, 3.63) is 87.2 Å². The van der Waals surface area contributed by atoms with Gasteiger partial charge in [-0.25, -0.2) is 14.1 Å². The second kappa shape index (κ2) is 8.95. The van der Waals surface area contributed by atoms with E-state index < -0.39 is 0 Å². The smallest absolute Gasteiger partial charge is 0.231 e. The minimum absolute atomic E-state index is 0.112. The molecule has 0 spiro atoms. The molecule has 0 unspecified atom stereocenters. The molecule has 0 fully saturated rings. The van der Waals surface area contributed by atoms with Gasteiger partial charge in [0.1, 0.15) is 16.6 Å². The summed E-state index contributed by atoms with van der Waals surface area (Å²) >= 11 is 13.7. The second-order valence-electron chi connectivity index (χ2n) is 6.46. The summed E-state index contributed by atoms with van der Waals surface area (Å²) < 4.78 is 14.7. The van der Waals surface area contributed by atoms with Gasteiger partial charge in [0.05, 0.1) is 34.9 Å². The molecular weight excluding hydrogens is 446 g/mol. The molecule has 2 aromatic carbocycles. The van der Waals surface area contributed by atoms with Crippen LogP contribution >= 0.6 is 34.5 Å². The summed E-state index contributed by atoms with van der Waals surface area (Å²) in [5, 5.41) is 10.6. The number of aromatic nitrogens is 3. The number of halogens is 3. The van der Waals surface area contributed by atoms with Gasteiger partial charge >= 0.3 is 0 Å². The topological polar surface area (TPSA) is 59.8 Å². The molecule has 4 rings (SSSR count). The largest absolute Gasteiger partial charge is 0.311 e. The van der Waals surface area contributed by atoms with Gasteiger partial charge in [-0.05, 0) is 35.9 Å². The van der Waals surface area contributed by atoms with Crippen LogP contribution in [0.3, 0.4) is 0 Å². The van der Waals surface area contributed by atoms with Crippen LogP contribution in [-0.2, 0) is 17.8 Å². The Kier molecular flexibility index (Phi) is 6.13. The van der Waals surface area contributed by atoms with E-state index in [1.807, 2.05) is 17.5 Å². The van der Waals surface area contributed by atoms with Gasteiger partial charge in [-0.15, -0.1) is 11.3 Å². The fraction of sp³-hybridized carbons (Fsp3) is 0.0952. The van der Waals surface area contributed by atoms with Crippen molar-refractivity contribution in [3.63, 3.8) is 0 Å². The summed E-state index contributed by atoms with van der Waals surface area (Å²) in [4.78, 5) is 17.0. The van der Waals surface area contributed by atoms with Crippen molar-refractivity contribution in [1.29, 1.82) is 0 Å². The quantitative estimate of drug-likeness (QED) is 0.402. The van der Waals surface area contributed by atoms with Crippen molar-refractivity contribution >= 4 is 46.3 Å². The fourth-order valence-corrected chi connectivity index (χ4v) is 4.07. The average Bonchev–Trinajstić information content (AvgIpc) is 3.36. The van der Waals surface area contributed by atoms with Gasteiger partial charge in [0.15, 0.2) is 0 Å². The molecule has 2 heterocycles. The first kappa shape index (κ1) is 20.5. The number of carbonyl (C=O) groups excluding carboxylic acids is 1. The van der Waals surface area contributed by atoms with Gasteiger partial charge in [0, 0.05) is 17.0 Å². The lowest BCUT2D eigenvalue weighted by molar-refractivity contribution is -0.115. The Morgan fingerprint density at radius 2 is 1.93 bits per heavy atom. The Hall–Kier alpha value is -2.74. The molecule has 1 amide bonds. The monoisotopic (exact) mass is 460 g/mol. The molecule has 0 saturated heterocycles. The predicted octanol–water partition coefficient (Wildman–Crippen LogP) is 5.68. The maximum absolute atomic E-state index is 13.1. The molecule has 1 N–H and O–H groups in total. The Bertz CT molecular complexity index is 1190. The lowest BCUT2D eigenvalue weighted by Crippen LogP contribution is -2.18. The summed E-state index contributed by atoms with van der Waals surface area (Å²) in [5.74, 6) is 0.0282. The van der Waals surface area contributed by atoms with E-state index in [9.17, 15) is 9.18 Å². The van der Waals surface area contributed by atoms with Crippen molar-refractivity contribution in [2.75, 3.05) is 5.32 Å². The number of nitrogens with zero attached hydrogens (tertiary/aromatic N) is 3. The number of benzene rings is 2. The van der Waals surface area contributed by atoms with E-state index in [-0.39, 0.29) is 18.1 Å². The number of nitrogens with one attached hydrogen (secondary N) is 1. The van der Waals surface area contributed by atoms with Crippen LogP contribution in [0.4, 0.5) is 10.2 Å². The molecule has 0 atom stereocenters. The highest BCUT2D eigenvalue weighted by atomic mass is 35.5. The number of rotatable bonds is 6. The van der Waals surface area contributed by atoms with E-state index in [0.29, 0.717) is 28.1 Å². The molecule has 2 aromatic heterocycles. The van der Waals surface area contributed by atoms with Crippen LogP contribution in [0, 0.1) is 5.82 Å². The van der Waals surface area contributed by atoms with Crippen LogP contribution in [-0.4, -0.2) is 20.7 Å². The van der Waals surface area contributed by atoms with E-state index >= 15 is 0 Å². The first-order valence-corrected chi connectivity index (χ1v) is 10.6. The normalized spacial score (nSPS) is 10.9. The van der Waals surface area contributed by atoms with Crippen molar-refractivity contribution < 1.29 is 9.18 Å². The second-order valence-corrected chi connectivity index (χ2v) is 8.11. The molecule has 5 nitrogen and oxygen atoms in total. The lowest BCUT2D eigenvalue weighted by atomic mass is 10.2. The van der Waals surface area contributed by atoms with Gasteiger partial charge in [-0.1, -0.05) is 35.3 Å². The fourth-order valence-electron chi connectivity index (χ4n) is 2.86. The Balaban J connectivity index is 1.42. The summed E-state index contributed by atoms with van der Waals surface area (Å²) in [6.07, 6.45) is 1.71. The van der Waals surface area contributed by atoms with E-state index in [4.69, 9.17) is 23.2 Å². The van der Waals surface area contributed by atoms with Crippen molar-refractivity contribution in [3.8, 4) is 10.6 Å². The number of hydrogen-bond donors (Lipinski definition) is 1. The third-order valence-corrected chi connectivity index (χ3v) is 6.12. The first-order chi connectivity index (χ1) is 14.5. The van der Waals surface area contributed by atoms with Gasteiger partial charge in [-0.2, -0.15) is 5.10 Å². The highest BCUT2D eigenvalue weighted by Crippen LogP contribution is 2.27. The maximum atomic E-state index is 13.1. The van der Waals surface area contributed by atoms with Crippen LogP contribution < -0.4 is 5.32 Å². The Labute approximate surface area is 186 Å². The van der Waals surface area contributed by atoms with Gasteiger partial charge < -0.3 is 5.32 Å². The Morgan fingerprint density at radius 3 is 2.73 bits per heavy atom. The molecule has 30 heavy (non-hydrogen) atoms. The average molecular weight is 461 g/mol. The molecular formula is C21H15Cl2FN4OS. The zero-order valence-electron chi connectivity index (χ0n) is 15.5. The molecule has 0 aliphatic carbocycles. The molecule has 0 saturated carbocycles. The van der Waals surface area contributed by atoms with E-state index in [2.05, 4.69) is 15.4 Å². The van der Waals surface area contributed by atoms with Crippen LogP contribution in [0.25, 0.3) is 10.6 Å². The molecule has 4 aromatic rings. The number of anilines is 1. The molecule has 0 bridgehead atoms. The standard InChI is InChI=1S/C21H15Cl2FN4OS/c22-17-3-1-2-14(20(17)23)11-28-18(8-9-25-28)27-19(29)10-16-12-30-21(26-16)13-4-6-15(24)7-5-13/h1-9,12H,10-11H2,(H,27,29). The molecule has 0 aliphatic rings.